The van der Waals surface area contributed by atoms with Crippen molar-refractivity contribution >= 4 is 28.5 Å². The summed E-state index contributed by atoms with van der Waals surface area (Å²) in [5.74, 6) is -0.812. The number of para-hydroxylation sites is 1. The molecule has 0 saturated carbocycles. The van der Waals surface area contributed by atoms with Crippen molar-refractivity contribution in [3.05, 3.63) is 70.9 Å². The van der Waals surface area contributed by atoms with Gasteiger partial charge in [-0.05, 0) is 61.4 Å². The molecule has 4 rings (SSSR count). The summed E-state index contributed by atoms with van der Waals surface area (Å²) in [5, 5.41) is 3.56. The van der Waals surface area contributed by atoms with E-state index in [1.54, 1.807) is 0 Å². The maximum atomic E-state index is 12.9. The van der Waals surface area contributed by atoms with Gasteiger partial charge in [-0.3, -0.25) is 9.78 Å². The number of nitrogens with one attached hydrogen (secondary N) is 1. The van der Waals surface area contributed by atoms with E-state index in [1.807, 2.05) is 48.5 Å². The number of aryl methyl sites for hydroxylation is 2. The Morgan fingerprint density at radius 3 is 2.59 bits per heavy atom. The number of anilines is 1. The molecule has 1 N–H and O–H groups in total. The van der Waals surface area contributed by atoms with E-state index in [0.29, 0.717) is 11.3 Å². The second kappa shape index (κ2) is 8.43. The number of rotatable bonds is 5. The zero-order valence-corrected chi connectivity index (χ0v) is 16.5. The molecule has 29 heavy (non-hydrogen) atoms. The first-order valence-corrected chi connectivity index (χ1v) is 10.1. The number of nitrogens with zero attached hydrogens (tertiary/aromatic N) is 1. The van der Waals surface area contributed by atoms with Gasteiger partial charge in [-0.1, -0.05) is 37.3 Å². The summed E-state index contributed by atoms with van der Waals surface area (Å²) in [6.45, 7) is 1.76. The first-order valence-electron chi connectivity index (χ1n) is 10.1. The SMILES string of the molecule is CCc1ccc(NC(=O)COC(=O)c2c3c(nc4ccccc24)CCCC3)cc1. The maximum absolute atomic E-state index is 12.9. The van der Waals surface area contributed by atoms with Crippen LogP contribution in [0.5, 0.6) is 0 Å². The van der Waals surface area contributed by atoms with E-state index in [0.717, 1.165) is 54.3 Å². The van der Waals surface area contributed by atoms with Gasteiger partial charge in [0.05, 0.1) is 11.1 Å². The van der Waals surface area contributed by atoms with Crippen molar-refractivity contribution in [3.63, 3.8) is 0 Å². The largest absolute Gasteiger partial charge is 0.452 e. The van der Waals surface area contributed by atoms with Crippen LogP contribution in [0.25, 0.3) is 10.9 Å². The molecule has 5 heteroatoms. The van der Waals surface area contributed by atoms with Gasteiger partial charge < -0.3 is 10.1 Å². The zero-order valence-electron chi connectivity index (χ0n) is 16.5. The van der Waals surface area contributed by atoms with E-state index >= 15 is 0 Å². The fraction of sp³-hybridized carbons (Fsp3) is 0.292. The van der Waals surface area contributed by atoms with Crippen LogP contribution in [0, 0.1) is 0 Å². The van der Waals surface area contributed by atoms with Crippen LogP contribution in [0.4, 0.5) is 5.69 Å². The number of ether oxygens (including phenoxy) is 1. The van der Waals surface area contributed by atoms with Crippen LogP contribution in [-0.2, 0) is 28.8 Å². The van der Waals surface area contributed by atoms with Gasteiger partial charge in [0.25, 0.3) is 5.91 Å². The lowest BCUT2D eigenvalue weighted by molar-refractivity contribution is -0.119. The number of pyridine rings is 1. The van der Waals surface area contributed by atoms with Gasteiger partial charge in [-0.25, -0.2) is 4.79 Å². The number of hydrogen-bond donors (Lipinski definition) is 1. The minimum Gasteiger partial charge on any atom is -0.452 e. The molecule has 0 radical (unpaired) electrons. The van der Waals surface area contributed by atoms with Gasteiger partial charge >= 0.3 is 5.97 Å². The molecule has 0 fully saturated rings. The number of carbonyl (C=O) groups is 2. The predicted octanol–water partition coefficient (Wildman–Crippen LogP) is 4.47. The Bertz CT molecular complexity index is 1060. The van der Waals surface area contributed by atoms with Crippen LogP contribution in [0.15, 0.2) is 48.5 Å². The average molecular weight is 388 g/mol. The number of benzene rings is 2. The van der Waals surface area contributed by atoms with Crippen molar-refractivity contribution in [2.75, 3.05) is 11.9 Å². The summed E-state index contributed by atoms with van der Waals surface area (Å²) < 4.78 is 5.40. The maximum Gasteiger partial charge on any atom is 0.339 e. The second-order valence-electron chi connectivity index (χ2n) is 7.31. The van der Waals surface area contributed by atoms with Gasteiger partial charge in [-0.15, -0.1) is 0 Å². The van der Waals surface area contributed by atoms with Crippen LogP contribution in [0.1, 0.15) is 46.9 Å². The van der Waals surface area contributed by atoms with Crippen molar-refractivity contribution < 1.29 is 14.3 Å². The van der Waals surface area contributed by atoms with Crippen molar-refractivity contribution in [3.8, 4) is 0 Å². The zero-order chi connectivity index (χ0) is 20.2. The number of aromatic nitrogens is 1. The molecule has 1 amide bonds. The van der Waals surface area contributed by atoms with Crippen LogP contribution in [-0.4, -0.2) is 23.5 Å². The highest BCUT2D eigenvalue weighted by atomic mass is 16.5. The highest BCUT2D eigenvalue weighted by Gasteiger charge is 2.24. The van der Waals surface area contributed by atoms with E-state index in [2.05, 4.69) is 12.2 Å². The number of carbonyl (C=O) groups excluding carboxylic acids is 2. The third-order valence-corrected chi connectivity index (χ3v) is 5.35. The molecule has 1 aromatic heterocycles. The van der Waals surface area contributed by atoms with E-state index in [4.69, 9.17) is 9.72 Å². The minimum absolute atomic E-state index is 0.320. The molecule has 2 aromatic carbocycles. The molecule has 0 saturated heterocycles. The Morgan fingerprint density at radius 1 is 1.03 bits per heavy atom. The van der Waals surface area contributed by atoms with E-state index < -0.39 is 5.97 Å². The Labute approximate surface area is 170 Å². The third kappa shape index (κ3) is 4.14. The quantitative estimate of drug-likeness (QED) is 0.655. The molecule has 0 unspecified atom stereocenters. The van der Waals surface area contributed by atoms with Crippen LogP contribution < -0.4 is 5.32 Å². The number of fused-ring (bicyclic) bond motifs is 2. The molecular weight excluding hydrogens is 364 g/mol. The summed E-state index contributed by atoms with van der Waals surface area (Å²) in [4.78, 5) is 29.9. The first-order chi connectivity index (χ1) is 14.2. The summed E-state index contributed by atoms with van der Waals surface area (Å²) in [5.41, 5.74) is 5.18. The molecule has 3 aromatic rings. The molecule has 1 heterocycles. The molecule has 0 spiro atoms. The fourth-order valence-corrected chi connectivity index (χ4v) is 3.83. The Hall–Kier alpha value is -3.21. The Morgan fingerprint density at radius 2 is 1.79 bits per heavy atom. The number of esters is 1. The first kappa shape index (κ1) is 19.1. The molecule has 5 nitrogen and oxygen atoms in total. The summed E-state index contributed by atoms with van der Waals surface area (Å²) in [6.07, 6.45) is 4.73. The molecule has 0 bridgehead atoms. The molecule has 148 valence electrons. The average Bonchev–Trinajstić information content (AvgIpc) is 2.76. The summed E-state index contributed by atoms with van der Waals surface area (Å²) in [7, 11) is 0. The van der Waals surface area contributed by atoms with Crippen LogP contribution in [0.3, 0.4) is 0 Å². The molecule has 1 aliphatic rings. The second-order valence-corrected chi connectivity index (χ2v) is 7.31. The third-order valence-electron chi connectivity index (χ3n) is 5.35. The lowest BCUT2D eigenvalue weighted by Gasteiger charge is -2.19. The van der Waals surface area contributed by atoms with E-state index in [1.165, 1.54) is 5.56 Å². The van der Waals surface area contributed by atoms with Crippen LogP contribution >= 0.6 is 0 Å². The van der Waals surface area contributed by atoms with Gasteiger partial charge in [0, 0.05) is 16.8 Å². The van der Waals surface area contributed by atoms with Gasteiger partial charge in [0.15, 0.2) is 6.61 Å². The molecular formula is C24H24N2O3. The van der Waals surface area contributed by atoms with Crippen molar-refractivity contribution in [2.45, 2.75) is 39.0 Å². The fourth-order valence-electron chi connectivity index (χ4n) is 3.83. The smallest absolute Gasteiger partial charge is 0.339 e. The van der Waals surface area contributed by atoms with Crippen molar-refractivity contribution in [1.82, 2.24) is 4.98 Å². The Balaban J connectivity index is 1.51. The number of amides is 1. The topological polar surface area (TPSA) is 68.3 Å². The lowest BCUT2D eigenvalue weighted by Crippen LogP contribution is -2.22. The summed E-state index contributed by atoms with van der Waals surface area (Å²) in [6, 6.07) is 15.3. The normalized spacial score (nSPS) is 13.0. The Kier molecular flexibility index (Phi) is 5.56. The highest BCUT2D eigenvalue weighted by molar-refractivity contribution is 6.06. The van der Waals surface area contributed by atoms with Crippen molar-refractivity contribution in [1.29, 1.82) is 0 Å². The van der Waals surface area contributed by atoms with E-state index in [-0.39, 0.29) is 12.5 Å². The standard InChI is InChI=1S/C24H24N2O3/c1-2-16-11-13-17(14-12-16)25-22(27)15-29-24(28)23-18-7-3-5-9-20(18)26-21-10-6-4-8-19(21)23/h3,5,7,9,11-14H,2,4,6,8,10,15H2,1H3,(H,25,27). The highest BCUT2D eigenvalue weighted by Crippen LogP contribution is 2.29. The van der Waals surface area contributed by atoms with Gasteiger partial charge in [-0.2, -0.15) is 0 Å². The minimum atomic E-state index is -0.460. The summed E-state index contributed by atoms with van der Waals surface area (Å²) >= 11 is 0. The van der Waals surface area contributed by atoms with Gasteiger partial charge in [0.1, 0.15) is 0 Å². The predicted molar refractivity (Wildman–Crippen MR) is 113 cm³/mol. The lowest BCUT2D eigenvalue weighted by atomic mass is 9.90. The molecule has 0 atom stereocenters. The monoisotopic (exact) mass is 388 g/mol. The molecule has 0 aliphatic heterocycles. The van der Waals surface area contributed by atoms with Crippen molar-refractivity contribution in [2.24, 2.45) is 0 Å². The van der Waals surface area contributed by atoms with Crippen LogP contribution in [0.2, 0.25) is 0 Å². The van der Waals surface area contributed by atoms with E-state index in [9.17, 15) is 9.59 Å². The number of hydrogen-bond acceptors (Lipinski definition) is 4. The molecule has 1 aliphatic carbocycles. The van der Waals surface area contributed by atoms with Gasteiger partial charge in [0.2, 0.25) is 0 Å².